The normalized spacial score (nSPS) is 17.3. The van der Waals surface area contributed by atoms with Crippen LogP contribution in [0.2, 0.25) is 5.02 Å². The molecule has 2 amide bonds. The van der Waals surface area contributed by atoms with Crippen molar-refractivity contribution in [2.24, 2.45) is 9.98 Å². The third kappa shape index (κ3) is 4.16. The zero-order chi connectivity index (χ0) is 20.4. The molecule has 2 aliphatic heterocycles. The van der Waals surface area contributed by atoms with E-state index in [1.807, 2.05) is 0 Å². The molecular formula is C21H16ClN3O4. The molecule has 2 heterocycles. The number of amides is 2. The first-order valence-electron chi connectivity index (χ1n) is 9.02. The number of allylic oxidation sites excluding steroid dienone is 1. The van der Waals surface area contributed by atoms with Gasteiger partial charge in [-0.05, 0) is 42.5 Å². The van der Waals surface area contributed by atoms with E-state index in [0.29, 0.717) is 53.2 Å². The Hall–Kier alpha value is -3.16. The molecule has 2 aliphatic rings. The summed E-state index contributed by atoms with van der Waals surface area (Å²) < 4.78 is 5.26. The number of morpholine rings is 1. The molecule has 146 valence electrons. The van der Waals surface area contributed by atoms with Crippen molar-refractivity contribution in [3.8, 4) is 0 Å². The number of rotatable bonds is 3. The van der Waals surface area contributed by atoms with Gasteiger partial charge in [-0.25, -0.2) is 9.98 Å². The summed E-state index contributed by atoms with van der Waals surface area (Å²) in [4.78, 5) is 47.3. The maximum Gasteiger partial charge on any atom is 0.296 e. The fourth-order valence-electron chi connectivity index (χ4n) is 3.05. The van der Waals surface area contributed by atoms with Crippen molar-refractivity contribution < 1.29 is 19.1 Å². The number of ketones is 1. The molecule has 2 aromatic carbocycles. The van der Waals surface area contributed by atoms with Crippen LogP contribution in [0.25, 0.3) is 0 Å². The quantitative estimate of drug-likeness (QED) is 0.565. The molecule has 0 saturated carbocycles. The van der Waals surface area contributed by atoms with Crippen LogP contribution in [0, 0.1) is 0 Å². The number of carbonyl (C=O) groups is 3. The minimum atomic E-state index is -0.629. The van der Waals surface area contributed by atoms with Crippen LogP contribution < -0.4 is 10.7 Å². The minimum Gasteiger partial charge on any atom is -0.378 e. The van der Waals surface area contributed by atoms with Crippen molar-refractivity contribution in [3.63, 3.8) is 0 Å². The van der Waals surface area contributed by atoms with Crippen LogP contribution in [-0.2, 0) is 9.53 Å². The van der Waals surface area contributed by atoms with Crippen molar-refractivity contribution in [1.82, 2.24) is 4.90 Å². The first-order valence-corrected chi connectivity index (χ1v) is 9.39. The third-order valence-corrected chi connectivity index (χ3v) is 4.85. The maximum atomic E-state index is 12.6. The monoisotopic (exact) mass is 409 g/mol. The highest BCUT2D eigenvalue weighted by molar-refractivity contribution is 6.30. The molecule has 0 spiro atoms. The van der Waals surface area contributed by atoms with Gasteiger partial charge in [-0.3, -0.25) is 14.4 Å². The summed E-state index contributed by atoms with van der Waals surface area (Å²) in [6.07, 6.45) is 1.16. The van der Waals surface area contributed by atoms with Crippen LogP contribution in [0.5, 0.6) is 0 Å². The Balaban J connectivity index is 1.62. The molecule has 8 heteroatoms. The van der Waals surface area contributed by atoms with Crippen LogP contribution in [0.15, 0.2) is 64.2 Å². The fraction of sp³-hybridized carbons (Fsp3) is 0.190. The summed E-state index contributed by atoms with van der Waals surface area (Å²) in [6.45, 7) is 2.06. The number of nitrogens with zero attached hydrogens (tertiary/aromatic N) is 3. The average Bonchev–Trinajstić information content (AvgIpc) is 2.74. The topological polar surface area (TPSA) is 88.4 Å². The van der Waals surface area contributed by atoms with Gasteiger partial charge in [-0.2, -0.15) is 0 Å². The first-order chi connectivity index (χ1) is 14.0. The Labute approximate surface area is 171 Å². The second-order valence-electron chi connectivity index (χ2n) is 6.54. The highest BCUT2D eigenvalue weighted by Crippen LogP contribution is 2.12. The Morgan fingerprint density at radius 1 is 0.966 bits per heavy atom. The lowest BCUT2D eigenvalue weighted by Gasteiger charge is -2.26. The smallest absolute Gasteiger partial charge is 0.296 e. The molecule has 7 nitrogen and oxygen atoms in total. The Kier molecular flexibility index (Phi) is 5.33. The summed E-state index contributed by atoms with van der Waals surface area (Å²) >= 11 is 5.82. The molecule has 0 aliphatic carbocycles. The SMILES string of the molecule is O=C1N=c2cc(C(=O)N3CCOCC3)ccc2=N/C1=C\C(=O)c1ccc(Cl)cc1. The Morgan fingerprint density at radius 2 is 1.66 bits per heavy atom. The van der Waals surface area contributed by atoms with Crippen molar-refractivity contribution in [2.45, 2.75) is 0 Å². The van der Waals surface area contributed by atoms with E-state index in [2.05, 4.69) is 9.98 Å². The number of hydrogen-bond donors (Lipinski definition) is 0. The van der Waals surface area contributed by atoms with Gasteiger partial charge in [0.25, 0.3) is 11.8 Å². The van der Waals surface area contributed by atoms with Crippen molar-refractivity contribution >= 4 is 29.2 Å². The van der Waals surface area contributed by atoms with E-state index in [0.717, 1.165) is 6.08 Å². The fourth-order valence-corrected chi connectivity index (χ4v) is 3.18. The molecule has 1 saturated heterocycles. The Bertz CT molecular complexity index is 1150. The standard InChI is InChI=1S/C21H16ClN3O4/c22-15-4-1-13(2-5-15)19(26)12-18-20(27)24-17-11-14(3-6-16(17)23-18)21(28)25-7-9-29-10-8-25/h1-6,11-12H,7-10H2/b18-12-. The zero-order valence-corrected chi connectivity index (χ0v) is 16.1. The largest absolute Gasteiger partial charge is 0.378 e. The van der Waals surface area contributed by atoms with Gasteiger partial charge in [-0.1, -0.05) is 11.6 Å². The summed E-state index contributed by atoms with van der Waals surface area (Å²) in [5.41, 5.74) is 0.772. The molecule has 4 rings (SSSR count). The molecule has 0 bridgehead atoms. The zero-order valence-electron chi connectivity index (χ0n) is 15.3. The van der Waals surface area contributed by atoms with Gasteiger partial charge in [0.2, 0.25) is 0 Å². The number of fused-ring (bicyclic) bond motifs is 1. The van der Waals surface area contributed by atoms with Crippen molar-refractivity contribution in [3.05, 3.63) is 81.1 Å². The lowest BCUT2D eigenvalue weighted by molar-refractivity contribution is -0.114. The number of halogens is 1. The molecule has 0 atom stereocenters. The van der Waals surface area contributed by atoms with Gasteiger partial charge in [0, 0.05) is 35.3 Å². The lowest BCUT2D eigenvalue weighted by Crippen LogP contribution is -2.41. The highest BCUT2D eigenvalue weighted by atomic mass is 35.5. The summed E-state index contributed by atoms with van der Waals surface area (Å²) in [7, 11) is 0. The van der Waals surface area contributed by atoms with Crippen LogP contribution in [0.1, 0.15) is 20.7 Å². The van der Waals surface area contributed by atoms with E-state index < -0.39 is 5.91 Å². The van der Waals surface area contributed by atoms with E-state index in [9.17, 15) is 14.4 Å². The van der Waals surface area contributed by atoms with E-state index in [4.69, 9.17) is 16.3 Å². The van der Waals surface area contributed by atoms with E-state index in [1.54, 1.807) is 47.4 Å². The predicted molar refractivity (Wildman–Crippen MR) is 104 cm³/mol. The lowest BCUT2D eigenvalue weighted by atomic mass is 10.1. The van der Waals surface area contributed by atoms with E-state index in [-0.39, 0.29) is 17.4 Å². The van der Waals surface area contributed by atoms with Crippen molar-refractivity contribution in [1.29, 1.82) is 0 Å². The molecule has 29 heavy (non-hydrogen) atoms. The van der Waals surface area contributed by atoms with E-state index >= 15 is 0 Å². The number of hydrogen-bond acceptors (Lipinski definition) is 5. The molecule has 1 fully saturated rings. The maximum absolute atomic E-state index is 12.6. The second-order valence-corrected chi connectivity index (χ2v) is 6.97. The first kappa shape index (κ1) is 19.2. The summed E-state index contributed by atoms with van der Waals surface area (Å²) in [5.74, 6) is -1.14. The molecule has 2 aromatic rings. The van der Waals surface area contributed by atoms with Gasteiger partial charge in [0.05, 0.1) is 23.9 Å². The van der Waals surface area contributed by atoms with Gasteiger partial charge in [-0.15, -0.1) is 0 Å². The summed E-state index contributed by atoms with van der Waals surface area (Å²) in [5, 5.41) is 1.25. The van der Waals surface area contributed by atoms with Crippen LogP contribution >= 0.6 is 11.6 Å². The molecule has 0 N–H and O–H groups in total. The van der Waals surface area contributed by atoms with Crippen LogP contribution in [-0.4, -0.2) is 48.8 Å². The van der Waals surface area contributed by atoms with Crippen molar-refractivity contribution in [2.75, 3.05) is 26.3 Å². The number of carbonyl (C=O) groups excluding carboxylic acids is 3. The van der Waals surface area contributed by atoms with Crippen LogP contribution in [0.3, 0.4) is 0 Å². The van der Waals surface area contributed by atoms with Gasteiger partial charge in [0.1, 0.15) is 5.70 Å². The molecule has 0 unspecified atom stereocenters. The molecule has 0 radical (unpaired) electrons. The highest BCUT2D eigenvalue weighted by Gasteiger charge is 2.20. The minimum absolute atomic E-state index is 0.0512. The van der Waals surface area contributed by atoms with Crippen LogP contribution in [0.4, 0.5) is 0 Å². The summed E-state index contributed by atoms with van der Waals surface area (Å²) in [6, 6.07) is 11.2. The average molecular weight is 410 g/mol. The number of benzene rings is 2. The third-order valence-electron chi connectivity index (χ3n) is 4.60. The van der Waals surface area contributed by atoms with Gasteiger partial charge in [0.15, 0.2) is 5.78 Å². The van der Waals surface area contributed by atoms with Gasteiger partial charge < -0.3 is 9.64 Å². The molecular weight excluding hydrogens is 394 g/mol. The van der Waals surface area contributed by atoms with E-state index in [1.165, 1.54) is 0 Å². The van der Waals surface area contributed by atoms with Gasteiger partial charge >= 0.3 is 0 Å². The Morgan fingerprint density at radius 3 is 2.38 bits per heavy atom. The number of ether oxygens (including phenoxy) is 1. The molecule has 0 aromatic heterocycles. The second kappa shape index (κ2) is 8.06. The predicted octanol–water partition coefficient (Wildman–Crippen LogP) is 1.36.